The minimum Gasteiger partial charge on any atom is -0.327 e. The molecule has 2 N–H and O–H groups in total. The lowest BCUT2D eigenvalue weighted by Crippen LogP contribution is -2.41. The predicted octanol–water partition coefficient (Wildman–Crippen LogP) is 2.12. The lowest BCUT2D eigenvalue weighted by Gasteiger charge is -2.32. The second-order valence-corrected chi connectivity index (χ2v) is 7.73. The van der Waals surface area contributed by atoms with E-state index in [0.717, 1.165) is 6.42 Å². The molecule has 18 heavy (non-hydrogen) atoms. The Bertz CT molecular complexity index is 466. The van der Waals surface area contributed by atoms with Crippen LogP contribution in [0.15, 0.2) is 30.3 Å². The number of sulfone groups is 1. The van der Waals surface area contributed by atoms with Crippen molar-refractivity contribution in [3.63, 3.8) is 0 Å². The molecule has 1 rings (SSSR count). The maximum Gasteiger partial charge on any atom is 0.147 e. The zero-order valence-corrected chi connectivity index (χ0v) is 12.2. The smallest absolute Gasteiger partial charge is 0.147 e. The Labute approximate surface area is 110 Å². The molecule has 0 heterocycles. The van der Waals surface area contributed by atoms with Crippen molar-refractivity contribution in [2.75, 3.05) is 12.0 Å². The third-order valence-electron chi connectivity index (χ3n) is 3.48. The third kappa shape index (κ3) is 4.42. The van der Waals surface area contributed by atoms with E-state index in [1.54, 1.807) is 0 Å². The Morgan fingerprint density at radius 2 is 1.78 bits per heavy atom. The first-order chi connectivity index (χ1) is 8.23. The van der Waals surface area contributed by atoms with E-state index in [1.807, 2.05) is 18.2 Å². The minimum absolute atomic E-state index is 0.0401. The van der Waals surface area contributed by atoms with Crippen molar-refractivity contribution in [1.29, 1.82) is 0 Å². The second kappa shape index (κ2) is 5.85. The molecule has 1 aromatic rings. The van der Waals surface area contributed by atoms with Crippen molar-refractivity contribution in [3.05, 3.63) is 35.9 Å². The zero-order chi connectivity index (χ0) is 13.8. The standard InChI is InChI=1S/C14H23NO2S/c1-14(2,12-8-5-4-6-9-12)13(15)10-7-11-18(3,16)17/h4-6,8-9,13H,7,10-11,15H2,1-3H3. The highest BCUT2D eigenvalue weighted by Crippen LogP contribution is 2.28. The summed E-state index contributed by atoms with van der Waals surface area (Å²) in [5.41, 5.74) is 7.27. The monoisotopic (exact) mass is 269 g/mol. The molecule has 0 fully saturated rings. The predicted molar refractivity (Wildman–Crippen MR) is 76.4 cm³/mol. The van der Waals surface area contributed by atoms with Gasteiger partial charge in [-0.15, -0.1) is 0 Å². The van der Waals surface area contributed by atoms with Crippen molar-refractivity contribution in [2.24, 2.45) is 5.73 Å². The summed E-state index contributed by atoms with van der Waals surface area (Å²) < 4.78 is 22.2. The number of hydrogen-bond donors (Lipinski definition) is 1. The Balaban J connectivity index is 2.63. The Morgan fingerprint density at radius 1 is 1.22 bits per heavy atom. The number of rotatable bonds is 6. The Morgan fingerprint density at radius 3 is 2.28 bits per heavy atom. The van der Waals surface area contributed by atoms with Crippen LogP contribution in [-0.4, -0.2) is 26.5 Å². The molecule has 0 bridgehead atoms. The lowest BCUT2D eigenvalue weighted by molar-refractivity contribution is 0.386. The fourth-order valence-corrected chi connectivity index (χ4v) is 2.70. The van der Waals surface area contributed by atoms with Gasteiger partial charge in [0.25, 0.3) is 0 Å². The van der Waals surface area contributed by atoms with Gasteiger partial charge in [-0.25, -0.2) is 8.42 Å². The van der Waals surface area contributed by atoms with Gasteiger partial charge >= 0.3 is 0 Å². The Kier molecular flexibility index (Phi) is 4.93. The molecule has 1 unspecified atom stereocenters. The van der Waals surface area contributed by atoms with Gasteiger partial charge < -0.3 is 5.73 Å². The van der Waals surface area contributed by atoms with Gasteiger partial charge in [0, 0.05) is 23.5 Å². The van der Waals surface area contributed by atoms with Gasteiger partial charge in [0.1, 0.15) is 9.84 Å². The van der Waals surface area contributed by atoms with E-state index in [9.17, 15) is 8.42 Å². The molecule has 0 radical (unpaired) electrons. The number of nitrogens with two attached hydrogens (primary N) is 1. The summed E-state index contributed by atoms with van der Waals surface area (Å²) in [6, 6.07) is 10.1. The van der Waals surface area contributed by atoms with E-state index in [4.69, 9.17) is 5.73 Å². The van der Waals surface area contributed by atoms with Gasteiger partial charge in [-0.1, -0.05) is 44.2 Å². The molecule has 0 aromatic heterocycles. The van der Waals surface area contributed by atoms with Crippen LogP contribution in [0.1, 0.15) is 32.3 Å². The largest absolute Gasteiger partial charge is 0.327 e. The van der Waals surface area contributed by atoms with Crippen molar-refractivity contribution in [2.45, 2.75) is 38.1 Å². The normalized spacial score (nSPS) is 14.4. The average molecular weight is 269 g/mol. The van der Waals surface area contributed by atoms with Crippen molar-refractivity contribution < 1.29 is 8.42 Å². The molecule has 0 saturated heterocycles. The van der Waals surface area contributed by atoms with Crippen LogP contribution in [0.4, 0.5) is 0 Å². The highest BCUT2D eigenvalue weighted by Gasteiger charge is 2.27. The van der Waals surface area contributed by atoms with Crippen LogP contribution in [0.25, 0.3) is 0 Å². The molecule has 0 amide bonds. The van der Waals surface area contributed by atoms with Crippen LogP contribution < -0.4 is 5.73 Å². The average Bonchev–Trinajstić information content (AvgIpc) is 2.28. The van der Waals surface area contributed by atoms with E-state index in [0.29, 0.717) is 6.42 Å². The van der Waals surface area contributed by atoms with Gasteiger partial charge in [0.15, 0.2) is 0 Å². The van der Waals surface area contributed by atoms with E-state index < -0.39 is 9.84 Å². The van der Waals surface area contributed by atoms with E-state index in [1.165, 1.54) is 11.8 Å². The van der Waals surface area contributed by atoms with Crippen LogP contribution in [0.2, 0.25) is 0 Å². The van der Waals surface area contributed by atoms with E-state index in [-0.39, 0.29) is 17.2 Å². The van der Waals surface area contributed by atoms with Crippen molar-refractivity contribution in [3.8, 4) is 0 Å². The Hall–Kier alpha value is -0.870. The first-order valence-corrected chi connectivity index (χ1v) is 8.28. The summed E-state index contributed by atoms with van der Waals surface area (Å²) in [5.74, 6) is 0.214. The van der Waals surface area contributed by atoms with Crippen LogP contribution in [0, 0.1) is 0 Å². The molecule has 0 aliphatic heterocycles. The molecular weight excluding hydrogens is 246 g/mol. The SMILES string of the molecule is CC(C)(c1ccccc1)C(N)CCCS(C)(=O)=O. The molecule has 102 valence electrons. The maximum atomic E-state index is 11.1. The molecule has 0 aliphatic rings. The van der Waals surface area contributed by atoms with Crippen molar-refractivity contribution in [1.82, 2.24) is 0 Å². The zero-order valence-electron chi connectivity index (χ0n) is 11.4. The van der Waals surface area contributed by atoms with Crippen LogP contribution in [0.3, 0.4) is 0 Å². The molecule has 0 spiro atoms. The highest BCUT2D eigenvalue weighted by molar-refractivity contribution is 7.90. The summed E-state index contributed by atoms with van der Waals surface area (Å²) in [4.78, 5) is 0. The van der Waals surface area contributed by atoms with Gasteiger partial charge in [-0.3, -0.25) is 0 Å². The maximum absolute atomic E-state index is 11.1. The number of hydrogen-bond acceptors (Lipinski definition) is 3. The first kappa shape index (κ1) is 15.2. The van der Waals surface area contributed by atoms with E-state index in [2.05, 4.69) is 26.0 Å². The first-order valence-electron chi connectivity index (χ1n) is 6.22. The third-order valence-corrected chi connectivity index (χ3v) is 4.51. The summed E-state index contributed by atoms with van der Waals surface area (Å²) in [6.45, 7) is 4.21. The summed E-state index contributed by atoms with van der Waals surface area (Å²) in [5, 5.41) is 0. The summed E-state index contributed by atoms with van der Waals surface area (Å²) in [6.07, 6.45) is 2.60. The second-order valence-electron chi connectivity index (χ2n) is 5.47. The molecular formula is C14H23NO2S. The topological polar surface area (TPSA) is 60.2 Å². The molecule has 0 saturated carbocycles. The summed E-state index contributed by atoms with van der Waals surface area (Å²) >= 11 is 0. The molecule has 1 aromatic carbocycles. The molecule has 0 aliphatic carbocycles. The van der Waals surface area contributed by atoms with Crippen LogP contribution >= 0.6 is 0 Å². The lowest BCUT2D eigenvalue weighted by atomic mass is 9.76. The van der Waals surface area contributed by atoms with Crippen LogP contribution in [0.5, 0.6) is 0 Å². The minimum atomic E-state index is -2.89. The van der Waals surface area contributed by atoms with Gasteiger partial charge in [-0.05, 0) is 18.4 Å². The quantitative estimate of drug-likeness (QED) is 0.860. The molecule has 1 atom stereocenters. The number of benzene rings is 1. The molecule has 4 heteroatoms. The summed E-state index contributed by atoms with van der Waals surface area (Å²) in [7, 11) is -2.89. The molecule has 3 nitrogen and oxygen atoms in total. The van der Waals surface area contributed by atoms with Gasteiger partial charge in [0.2, 0.25) is 0 Å². The van der Waals surface area contributed by atoms with Crippen LogP contribution in [-0.2, 0) is 15.3 Å². The fraction of sp³-hybridized carbons (Fsp3) is 0.571. The highest BCUT2D eigenvalue weighted by atomic mass is 32.2. The van der Waals surface area contributed by atoms with Gasteiger partial charge in [-0.2, -0.15) is 0 Å². The van der Waals surface area contributed by atoms with Crippen molar-refractivity contribution >= 4 is 9.84 Å². The van der Waals surface area contributed by atoms with E-state index >= 15 is 0 Å². The van der Waals surface area contributed by atoms with Gasteiger partial charge in [0.05, 0.1) is 0 Å². The fourth-order valence-electron chi connectivity index (χ4n) is 2.01.